The summed E-state index contributed by atoms with van der Waals surface area (Å²) >= 11 is 5.60. The van der Waals surface area contributed by atoms with E-state index in [9.17, 15) is 9.18 Å². The molecule has 2 rings (SSSR count). The highest BCUT2D eigenvalue weighted by Crippen LogP contribution is 2.34. The van der Waals surface area contributed by atoms with Gasteiger partial charge in [0.15, 0.2) is 5.82 Å². The van der Waals surface area contributed by atoms with Gasteiger partial charge in [0.2, 0.25) is 0 Å². The molecule has 0 saturated heterocycles. The van der Waals surface area contributed by atoms with Gasteiger partial charge < -0.3 is 9.84 Å². The molecule has 0 radical (unpaired) electrons. The summed E-state index contributed by atoms with van der Waals surface area (Å²) in [7, 11) is 0. The molecule has 1 aliphatic heterocycles. The fraction of sp³-hybridized carbons (Fsp3) is 0.300. The van der Waals surface area contributed by atoms with Gasteiger partial charge in [-0.3, -0.25) is 0 Å². The van der Waals surface area contributed by atoms with E-state index in [2.05, 4.69) is 0 Å². The standard InChI is InChI=1S/C10H8ClFO3/c11-6-4-5-2-1-3-15-9(5)7(8(6)12)10(13)14/h4H,1-3H2,(H,13,14). The number of aryl methyl sites for hydroxylation is 1. The molecular weight excluding hydrogens is 223 g/mol. The zero-order valence-corrected chi connectivity index (χ0v) is 8.47. The van der Waals surface area contributed by atoms with E-state index in [4.69, 9.17) is 21.4 Å². The Kier molecular flexibility index (Phi) is 2.52. The quantitative estimate of drug-likeness (QED) is 0.806. The van der Waals surface area contributed by atoms with Crippen molar-refractivity contribution in [2.24, 2.45) is 0 Å². The van der Waals surface area contributed by atoms with Gasteiger partial charge >= 0.3 is 5.97 Å². The molecule has 80 valence electrons. The maximum atomic E-state index is 13.4. The van der Waals surface area contributed by atoms with Crippen molar-refractivity contribution in [3.05, 3.63) is 28.0 Å². The Bertz CT molecular complexity index is 431. The normalized spacial score (nSPS) is 14.3. The molecular formula is C10H8ClFO3. The zero-order chi connectivity index (χ0) is 11.0. The van der Waals surface area contributed by atoms with Crippen LogP contribution in [-0.2, 0) is 6.42 Å². The molecule has 3 nitrogen and oxygen atoms in total. The Labute approximate surface area is 90.4 Å². The first-order valence-corrected chi connectivity index (χ1v) is 4.86. The van der Waals surface area contributed by atoms with Crippen molar-refractivity contribution in [2.45, 2.75) is 12.8 Å². The van der Waals surface area contributed by atoms with Crippen LogP contribution in [0.25, 0.3) is 0 Å². The summed E-state index contributed by atoms with van der Waals surface area (Å²) < 4.78 is 18.6. The molecule has 0 saturated carbocycles. The Morgan fingerprint density at radius 2 is 2.33 bits per heavy atom. The van der Waals surface area contributed by atoms with E-state index in [1.807, 2.05) is 0 Å². The number of carboxylic acid groups (broad SMARTS) is 1. The second kappa shape index (κ2) is 3.70. The first kappa shape index (κ1) is 10.2. The number of rotatable bonds is 1. The van der Waals surface area contributed by atoms with Gasteiger partial charge in [-0.05, 0) is 24.5 Å². The number of aromatic carboxylic acids is 1. The molecule has 0 bridgehead atoms. The second-order valence-corrected chi connectivity index (χ2v) is 3.70. The molecule has 1 aliphatic rings. The lowest BCUT2D eigenvalue weighted by Crippen LogP contribution is -2.14. The molecule has 0 spiro atoms. The lowest BCUT2D eigenvalue weighted by molar-refractivity contribution is 0.0685. The van der Waals surface area contributed by atoms with Gasteiger partial charge in [0.25, 0.3) is 0 Å². The van der Waals surface area contributed by atoms with Gasteiger partial charge in [0, 0.05) is 0 Å². The summed E-state index contributed by atoms with van der Waals surface area (Å²) in [6.07, 6.45) is 1.45. The van der Waals surface area contributed by atoms with E-state index >= 15 is 0 Å². The Hall–Kier alpha value is -1.29. The van der Waals surface area contributed by atoms with Crippen LogP contribution in [0, 0.1) is 5.82 Å². The van der Waals surface area contributed by atoms with E-state index in [0.717, 1.165) is 6.42 Å². The molecule has 0 aliphatic carbocycles. The third-order valence-corrected chi connectivity index (χ3v) is 2.57. The third-order valence-electron chi connectivity index (χ3n) is 2.30. The summed E-state index contributed by atoms with van der Waals surface area (Å²) in [6, 6.07) is 1.43. The highest BCUT2D eigenvalue weighted by molar-refractivity contribution is 6.31. The van der Waals surface area contributed by atoms with Gasteiger partial charge in [-0.25, -0.2) is 9.18 Å². The van der Waals surface area contributed by atoms with Crippen molar-refractivity contribution < 1.29 is 19.0 Å². The van der Waals surface area contributed by atoms with Crippen molar-refractivity contribution in [1.29, 1.82) is 0 Å². The van der Waals surface area contributed by atoms with Crippen molar-refractivity contribution in [1.82, 2.24) is 0 Å². The fourth-order valence-corrected chi connectivity index (χ4v) is 1.87. The van der Waals surface area contributed by atoms with E-state index in [1.54, 1.807) is 0 Å². The number of benzene rings is 1. The molecule has 0 amide bonds. The minimum absolute atomic E-state index is 0.121. The van der Waals surface area contributed by atoms with Crippen LogP contribution in [0.3, 0.4) is 0 Å². The molecule has 1 aromatic carbocycles. The topological polar surface area (TPSA) is 46.5 Å². The van der Waals surface area contributed by atoms with Crippen LogP contribution in [0.5, 0.6) is 5.75 Å². The summed E-state index contributed by atoms with van der Waals surface area (Å²) in [4.78, 5) is 10.9. The van der Waals surface area contributed by atoms with Crippen molar-refractivity contribution in [3.8, 4) is 5.75 Å². The maximum absolute atomic E-state index is 13.4. The van der Waals surface area contributed by atoms with Crippen LogP contribution in [-0.4, -0.2) is 17.7 Å². The van der Waals surface area contributed by atoms with E-state index in [-0.39, 0.29) is 10.8 Å². The number of carbonyl (C=O) groups is 1. The Morgan fingerprint density at radius 1 is 1.60 bits per heavy atom. The van der Waals surface area contributed by atoms with Gasteiger partial charge in [0.1, 0.15) is 11.3 Å². The van der Waals surface area contributed by atoms with Gasteiger partial charge in [-0.15, -0.1) is 0 Å². The van der Waals surface area contributed by atoms with E-state index in [1.165, 1.54) is 6.07 Å². The Balaban J connectivity index is 2.68. The van der Waals surface area contributed by atoms with Gasteiger partial charge in [-0.2, -0.15) is 0 Å². The number of halogens is 2. The van der Waals surface area contributed by atoms with Crippen LogP contribution >= 0.6 is 11.6 Å². The van der Waals surface area contributed by atoms with Crippen LogP contribution in [0.1, 0.15) is 22.3 Å². The predicted octanol–water partition coefficient (Wildman–Crippen LogP) is 2.50. The lowest BCUT2D eigenvalue weighted by atomic mass is 10.0. The molecule has 0 aromatic heterocycles. The summed E-state index contributed by atoms with van der Waals surface area (Å²) in [5.74, 6) is -2.16. The highest BCUT2D eigenvalue weighted by atomic mass is 35.5. The van der Waals surface area contributed by atoms with Gasteiger partial charge in [-0.1, -0.05) is 11.6 Å². The number of hydrogen-bond acceptors (Lipinski definition) is 2. The average molecular weight is 231 g/mol. The average Bonchev–Trinajstić information content (AvgIpc) is 2.19. The molecule has 0 atom stereocenters. The number of carboxylic acids is 1. The number of ether oxygens (including phenoxy) is 1. The molecule has 0 unspecified atom stereocenters. The third kappa shape index (κ3) is 1.65. The van der Waals surface area contributed by atoms with Crippen molar-refractivity contribution >= 4 is 17.6 Å². The molecule has 1 heterocycles. The van der Waals surface area contributed by atoms with Crippen molar-refractivity contribution in [2.75, 3.05) is 6.61 Å². The summed E-state index contributed by atoms with van der Waals surface area (Å²) in [6.45, 7) is 0.411. The molecule has 0 fully saturated rings. The molecule has 1 aromatic rings. The summed E-state index contributed by atoms with van der Waals surface area (Å²) in [5, 5.41) is 8.70. The minimum Gasteiger partial charge on any atom is -0.492 e. The monoisotopic (exact) mass is 230 g/mol. The number of fused-ring (bicyclic) bond motifs is 1. The number of hydrogen-bond donors (Lipinski definition) is 1. The minimum atomic E-state index is -1.35. The van der Waals surface area contributed by atoms with E-state index < -0.39 is 17.3 Å². The van der Waals surface area contributed by atoms with Crippen LogP contribution in [0.2, 0.25) is 5.02 Å². The van der Waals surface area contributed by atoms with Crippen LogP contribution in [0.4, 0.5) is 4.39 Å². The smallest absolute Gasteiger partial charge is 0.342 e. The fourth-order valence-electron chi connectivity index (χ4n) is 1.64. The molecule has 15 heavy (non-hydrogen) atoms. The van der Waals surface area contributed by atoms with Gasteiger partial charge in [0.05, 0.1) is 11.6 Å². The first-order valence-electron chi connectivity index (χ1n) is 4.48. The Morgan fingerprint density at radius 3 is 3.00 bits per heavy atom. The summed E-state index contributed by atoms with van der Waals surface area (Å²) in [5.41, 5.74) is 0.197. The zero-order valence-electron chi connectivity index (χ0n) is 7.72. The maximum Gasteiger partial charge on any atom is 0.342 e. The molecule has 1 N–H and O–H groups in total. The first-order chi connectivity index (χ1) is 7.11. The van der Waals surface area contributed by atoms with E-state index in [0.29, 0.717) is 18.6 Å². The molecule has 5 heteroatoms. The predicted molar refractivity (Wildman–Crippen MR) is 52.2 cm³/mol. The van der Waals surface area contributed by atoms with Crippen LogP contribution in [0.15, 0.2) is 6.07 Å². The lowest BCUT2D eigenvalue weighted by Gasteiger charge is -2.19. The van der Waals surface area contributed by atoms with Crippen molar-refractivity contribution in [3.63, 3.8) is 0 Å². The highest BCUT2D eigenvalue weighted by Gasteiger charge is 2.25. The largest absolute Gasteiger partial charge is 0.492 e. The van der Waals surface area contributed by atoms with Crippen LogP contribution < -0.4 is 4.74 Å². The SMILES string of the molecule is O=C(O)c1c(F)c(Cl)cc2c1OCCC2. The second-order valence-electron chi connectivity index (χ2n) is 3.29.